The number of benzene rings is 1. The van der Waals surface area contributed by atoms with Gasteiger partial charge in [0.05, 0.1) is 0 Å². The minimum atomic E-state index is -1.33. The van der Waals surface area contributed by atoms with Crippen molar-refractivity contribution in [3.63, 3.8) is 0 Å². The van der Waals surface area contributed by atoms with Crippen LogP contribution in [-0.2, 0) is 11.3 Å². The molecule has 1 aromatic carbocycles. The molecule has 116 valence electrons. The number of aromatic carboxylic acids is 1. The summed E-state index contributed by atoms with van der Waals surface area (Å²) in [6.45, 7) is 0.0562. The second-order valence-corrected chi connectivity index (χ2v) is 4.49. The van der Waals surface area contributed by atoms with Gasteiger partial charge < -0.3 is 9.84 Å². The number of hydrogen-bond donors (Lipinski definition) is 2. The Morgan fingerprint density at radius 2 is 2.00 bits per heavy atom. The third-order valence-corrected chi connectivity index (χ3v) is 2.96. The Bertz CT molecular complexity index is 862. The summed E-state index contributed by atoms with van der Waals surface area (Å²) >= 11 is 0. The van der Waals surface area contributed by atoms with Gasteiger partial charge in [-0.15, -0.1) is 10.2 Å². The predicted molar refractivity (Wildman–Crippen MR) is 78.0 cm³/mol. The van der Waals surface area contributed by atoms with Crippen LogP contribution in [0.2, 0.25) is 0 Å². The van der Waals surface area contributed by atoms with E-state index < -0.39 is 17.8 Å². The summed E-state index contributed by atoms with van der Waals surface area (Å²) < 4.78 is 6.37. The van der Waals surface area contributed by atoms with Crippen LogP contribution in [0.25, 0.3) is 5.78 Å². The maximum atomic E-state index is 11.9. The number of fused-ring (bicyclic) bond motifs is 1. The molecule has 9 heteroatoms. The monoisotopic (exact) mass is 313 g/mol. The Hall–Kier alpha value is -3.49. The highest BCUT2D eigenvalue weighted by molar-refractivity contribution is 5.96. The topological polar surface area (TPSA) is 119 Å². The number of rotatable bonds is 4. The largest absolute Gasteiger partial charge is 0.476 e. The molecule has 0 atom stereocenters. The van der Waals surface area contributed by atoms with Crippen molar-refractivity contribution >= 4 is 23.7 Å². The van der Waals surface area contributed by atoms with Gasteiger partial charge in [0.15, 0.2) is 5.82 Å². The molecule has 0 bridgehead atoms. The van der Waals surface area contributed by atoms with Crippen LogP contribution in [0.4, 0.5) is 10.6 Å². The van der Waals surface area contributed by atoms with Crippen LogP contribution in [-0.4, -0.2) is 36.8 Å². The van der Waals surface area contributed by atoms with E-state index in [9.17, 15) is 9.59 Å². The average Bonchev–Trinajstić information content (AvgIpc) is 3.03. The molecule has 3 aromatic rings. The Labute approximate surface area is 129 Å². The lowest BCUT2D eigenvalue weighted by atomic mass is 10.2. The average molecular weight is 313 g/mol. The zero-order valence-corrected chi connectivity index (χ0v) is 11.7. The number of anilines is 1. The van der Waals surface area contributed by atoms with E-state index in [1.165, 1.54) is 16.8 Å². The first-order chi connectivity index (χ1) is 11.1. The fourth-order valence-corrected chi connectivity index (χ4v) is 1.92. The number of carbonyl (C=O) groups is 2. The SMILES string of the molecule is O=C(Nc1c(C(=O)O)nnc2nccn12)OCc1ccccc1. The number of carboxylic acid groups (broad SMARTS) is 1. The predicted octanol–water partition coefficient (Wildman–Crippen LogP) is 1.57. The summed E-state index contributed by atoms with van der Waals surface area (Å²) in [4.78, 5) is 27.0. The number of nitrogens with one attached hydrogen (secondary N) is 1. The zero-order valence-electron chi connectivity index (χ0n) is 11.7. The lowest BCUT2D eigenvalue weighted by molar-refractivity contribution is 0.0690. The minimum Gasteiger partial charge on any atom is -0.476 e. The number of nitrogens with zero attached hydrogens (tertiary/aromatic N) is 4. The number of imidazole rings is 1. The van der Waals surface area contributed by atoms with Crippen molar-refractivity contribution in [2.45, 2.75) is 6.61 Å². The van der Waals surface area contributed by atoms with Gasteiger partial charge in [0.2, 0.25) is 5.69 Å². The van der Waals surface area contributed by atoms with Gasteiger partial charge in [-0.05, 0) is 5.56 Å². The van der Waals surface area contributed by atoms with Crippen molar-refractivity contribution in [2.75, 3.05) is 5.32 Å². The number of amides is 1. The number of aromatic nitrogens is 4. The van der Waals surface area contributed by atoms with Gasteiger partial charge in [-0.25, -0.2) is 14.6 Å². The molecule has 0 saturated heterocycles. The summed E-state index contributed by atoms with van der Waals surface area (Å²) in [5.74, 6) is -1.24. The fraction of sp³-hybridized carbons (Fsp3) is 0.0714. The maximum absolute atomic E-state index is 11.9. The molecule has 0 saturated carbocycles. The van der Waals surface area contributed by atoms with Crippen LogP contribution in [0.15, 0.2) is 42.7 Å². The minimum absolute atomic E-state index is 0.0562. The fourth-order valence-electron chi connectivity index (χ4n) is 1.92. The highest BCUT2D eigenvalue weighted by Crippen LogP contribution is 2.14. The van der Waals surface area contributed by atoms with Crippen LogP contribution in [0.5, 0.6) is 0 Å². The first kappa shape index (κ1) is 14.4. The summed E-state index contributed by atoms with van der Waals surface area (Å²) in [6, 6.07) is 9.10. The standard InChI is InChI=1S/C14H11N5O4/c20-12(21)10-11(19-7-6-15-13(19)18-17-10)16-14(22)23-8-9-4-2-1-3-5-9/h1-7H,8H2,(H,16,22)(H,20,21). The van der Waals surface area contributed by atoms with Crippen LogP contribution in [0.1, 0.15) is 16.1 Å². The van der Waals surface area contributed by atoms with Crippen LogP contribution < -0.4 is 5.32 Å². The molecule has 2 heterocycles. The van der Waals surface area contributed by atoms with Gasteiger partial charge in [-0.1, -0.05) is 30.3 Å². The summed E-state index contributed by atoms with van der Waals surface area (Å²) in [7, 11) is 0. The molecule has 0 aliphatic rings. The third kappa shape index (κ3) is 3.07. The van der Waals surface area contributed by atoms with E-state index in [1.54, 1.807) is 12.1 Å². The molecule has 0 aliphatic heterocycles. The lowest BCUT2D eigenvalue weighted by Gasteiger charge is -2.10. The number of carboxylic acids is 1. The van der Waals surface area contributed by atoms with E-state index in [1.807, 2.05) is 18.2 Å². The Morgan fingerprint density at radius 1 is 1.22 bits per heavy atom. The highest BCUT2D eigenvalue weighted by atomic mass is 16.5. The first-order valence-electron chi connectivity index (χ1n) is 6.56. The zero-order chi connectivity index (χ0) is 16.2. The number of hydrogen-bond acceptors (Lipinski definition) is 6. The van der Waals surface area contributed by atoms with E-state index in [0.29, 0.717) is 0 Å². The van der Waals surface area contributed by atoms with Crippen molar-refractivity contribution in [2.24, 2.45) is 0 Å². The van der Waals surface area contributed by atoms with Crippen molar-refractivity contribution < 1.29 is 19.4 Å². The molecule has 9 nitrogen and oxygen atoms in total. The molecule has 0 fully saturated rings. The van der Waals surface area contributed by atoms with Gasteiger partial charge in [-0.3, -0.25) is 9.72 Å². The third-order valence-electron chi connectivity index (χ3n) is 2.96. The Balaban J connectivity index is 1.80. The van der Waals surface area contributed by atoms with E-state index in [-0.39, 0.29) is 18.2 Å². The smallest absolute Gasteiger partial charge is 0.413 e. The summed E-state index contributed by atoms with van der Waals surface area (Å²) in [6.07, 6.45) is 2.07. The van der Waals surface area contributed by atoms with Crippen LogP contribution in [0.3, 0.4) is 0 Å². The van der Waals surface area contributed by atoms with Crippen LogP contribution in [0, 0.1) is 0 Å². The van der Waals surface area contributed by atoms with Crippen molar-refractivity contribution in [3.8, 4) is 0 Å². The highest BCUT2D eigenvalue weighted by Gasteiger charge is 2.19. The quantitative estimate of drug-likeness (QED) is 0.750. The van der Waals surface area contributed by atoms with E-state index in [4.69, 9.17) is 9.84 Å². The molecule has 2 N–H and O–H groups in total. The molecular weight excluding hydrogens is 302 g/mol. The molecule has 23 heavy (non-hydrogen) atoms. The Morgan fingerprint density at radius 3 is 2.74 bits per heavy atom. The van der Waals surface area contributed by atoms with Gasteiger partial charge >= 0.3 is 12.1 Å². The van der Waals surface area contributed by atoms with Crippen molar-refractivity contribution in [3.05, 3.63) is 54.0 Å². The van der Waals surface area contributed by atoms with Gasteiger partial charge in [0, 0.05) is 12.4 Å². The second kappa shape index (κ2) is 6.10. The molecule has 0 aliphatic carbocycles. The van der Waals surface area contributed by atoms with E-state index in [2.05, 4.69) is 20.5 Å². The molecule has 0 spiro atoms. The van der Waals surface area contributed by atoms with Crippen molar-refractivity contribution in [1.29, 1.82) is 0 Å². The molecule has 1 amide bonds. The summed E-state index contributed by atoms with van der Waals surface area (Å²) in [5, 5.41) is 18.7. The van der Waals surface area contributed by atoms with Crippen molar-refractivity contribution in [1.82, 2.24) is 19.6 Å². The molecular formula is C14H11N5O4. The lowest BCUT2D eigenvalue weighted by Crippen LogP contribution is -2.20. The van der Waals surface area contributed by atoms with Gasteiger partial charge in [-0.2, -0.15) is 0 Å². The second-order valence-electron chi connectivity index (χ2n) is 4.49. The molecule has 0 unspecified atom stereocenters. The normalized spacial score (nSPS) is 10.4. The molecule has 3 rings (SSSR count). The first-order valence-corrected chi connectivity index (χ1v) is 6.56. The molecule has 0 radical (unpaired) electrons. The Kier molecular flexibility index (Phi) is 3.83. The summed E-state index contributed by atoms with van der Waals surface area (Å²) in [5.41, 5.74) is 0.397. The molecule has 2 aromatic heterocycles. The van der Waals surface area contributed by atoms with Gasteiger partial charge in [0.25, 0.3) is 5.78 Å². The van der Waals surface area contributed by atoms with E-state index in [0.717, 1.165) is 5.56 Å². The van der Waals surface area contributed by atoms with E-state index >= 15 is 0 Å². The van der Waals surface area contributed by atoms with Gasteiger partial charge in [0.1, 0.15) is 6.61 Å². The van der Waals surface area contributed by atoms with Crippen LogP contribution >= 0.6 is 0 Å². The number of carbonyl (C=O) groups excluding carboxylic acids is 1. The number of ether oxygens (including phenoxy) is 1. The maximum Gasteiger partial charge on any atom is 0.413 e.